The van der Waals surface area contributed by atoms with Crippen molar-refractivity contribution in [3.05, 3.63) is 82.9 Å². The molecule has 0 spiro atoms. The predicted octanol–water partition coefficient (Wildman–Crippen LogP) is 6.51. The summed E-state index contributed by atoms with van der Waals surface area (Å²) in [7, 11) is 0. The van der Waals surface area contributed by atoms with Crippen LogP contribution in [-0.4, -0.2) is 53.2 Å². The van der Waals surface area contributed by atoms with Gasteiger partial charge in [-0.15, -0.1) is 0 Å². The number of rotatable bonds is 7. The Morgan fingerprint density at radius 1 is 1.03 bits per heavy atom. The van der Waals surface area contributed by atoms with Gasteiger partial charge in [0.15, 0.2) is 5.78 Å². The number of hydrogen-bond donors (Lipinski definition) is 2. The average Bonchev–Trinajstić information content (AvgIpc) is 2.90. The maximum atomic E-state index is 13.9. The lowest BCUT2D eigenvalue weighted by Gasteiger charge is -2.27. The highest BCUT2D eigenvalue weighted by atomic mass is 35.5. The van der Waals surface area contributed by atoms with Crippen molar-refractivity contribution in [3.8, 4) is 22.6 Å². The van der Waals surface area contributed by atoms with Gasteiger partial charge < -0.3 is 19.8 Å². The van der Waals surface area contributed by atoms with E-state index in [0.717, 1.165) is 30.4 Å². The van der Waals surface area contributed by atoms with E-state index < -0.39 is 0 Å². The number of Topliss-reactive ketones (excluding diaryl/α,β-unsaturated/α-hetero) is 1. The number of hydrogen-bond acceptors (Lipinski definition) is 5. The highest BCUT2D eigenvalue weighted by molar-refractivity contribution is 6.32. The fourth-order valence-corrected chi connectivity index (χ4v) is 5.15. The van der Waals surface area contributed by atoms with Gasteiger partial charge in [0, 0.05) is 17.7 Å². The van der Waals surface area contributed by atoms with Gasteiger partial charge in [0.05, 0.1) is 17.7 Å². The molecule has 0 amide bonds. The molecule has 1 heterocycles. The molecule has 1 aliphatic heterocycles. The monoisotopic (exact) mass is 503 g/mol. The Balaban J connectivity index is 1.38. The first kappa shape index (κ1) is 24.6. The molecule has 186 valence electrons. The van der Waals surface area contributed by atoms with Crippen LogP contribution in [0.4, 0.5) is 0 Å². The smallest absolute Gasteiger partial charge is 0.193 e. The average molecular weight is 504 g/mol. The summed E-state index contributed by atoms with van der Waals surface area (Å²) in [4.78, 5) is 16.3. The third-order valence-electron chi connectivity index (χ3n) is 7.00. The van der Waals surface area contributed by atoms with Crippen molar-refractivity contribution in [2.45, 2.75) is 31.8 Å². The van der Waals surface area contributed by atoms with E-state index in [9.17, 15) is 15.0 Å². The van der Waals surface area contributed by atoms with Crippen LogP contribution in [0.15, 0.2) is 72.3 Å². The molecule has 5 nitrogen and oxygen atoms in total. The maximum Gasteiger partial charge on any atom is 0.193 e. The van der Waals surface area contributed by atoms with Gasteiger partial charge in [-0.2, -0.15) is 0 Å². The summed E-state index contributed by atoms with van der Waals surface area (Å²) in [6, 6.07) is 13.7. The second-order valence-corrected chi connectivity index (χ2v) is 9.86. The molecule has 1 saturated heterocycles. The maximum absolute atomic E-state index is 13.9. The molecule has 3 aromatic rings. The number of likely N-dealkylation sites (tertiary alicyclic amines) is 1. The Kier molecular flexibility index (Phi) is 7.42. The van der Waals surface area contributed by atoms with E-state index in [0.29, 0.717) is 35.3 Å². The quantitative estimate of drug-likeness (QED) is 0.359. The Morgan fingerprint density at radius 3 is 2.61 bits per heavy atom. The second-order valence-electron chi connectivity index (χ2n) is 9.45. The minimum atomic E-state index is -0.112. The number of piperidine rings is 1. The first-order valence-corrected chi connectivity index (χ1v) is 12.9. The topological polar surface area (TPSA) is 70.0 Å². The van der Waals surface area contributed by atoms with E-state index in [4.69, 9.17) is 16.3 Å². The zero-order valence-electron chi connectivity index (χ0n) is 20.1. The molecule has 1 unspecified atom stereocenters. The standard InChI is InChI=1S/C30H30ClNO4/c31-27-13-7-22(19-28(27)34)25-11-6-21-18-23(33)8-12-26(21)29(25)30(35)20-4-9-24(10-5-20)36-17-16-32-14-2-1-3-15-32/h4-9,11-13,18-19,24,33-34H,1-3,10,14-17H2. The summed E-state index contributed by atoms with van der Waals surface area (Å²) in [5, 5.41) is 21.9. The molecule has 5 rings (SSSR count). The van der Waals surface area contributed by atoms with Gasteiger partial charge in [-0.25, -0.2) is 0 Å². The molecule has 2 N–H and O–H groups in total. The summed E-state index contributed by atoms with van der Waals surface area (Å²) >= 11 is 6.02. The van der Waals surface area contributed by atoms with E-state index in [1.807, 2.05) is 30.4 Å². The van der Waals surface area contributed by atoms with Crippen LogP contribution in [0.3, 0.4) is 0 Å². The Hall–Kier alpha value is -3.12. The number of halogens is 1. The fraction of sp³-hybridized carbons (Fsp3) is 0.300. The third kappa shape index (κ3) is 5.34. The van der Waals surface area contributed by atoms with Gasteiger partial charge in [0.25, 0.3) is 0 Å². The van der Waals surface area contributed by atoms with Crippen LogP contribution < -0.4 is 0 Å². The van der Waals surface area contributed by atoms with Crippen LogP contribution in [0, 0.1) is 0 Å². The summed E-state index contributed by atoms with van der Waals surface area (Å²) in [5.74, 6) is -0.0162. The number of phenols is 2. The molecule has 1 fully saturated rings. The minimum Gasteiger partial charge on any atom is -0.508 e. The van der Waals surface area contributed by atoms with Crippen molar-refractivity contribution in [3.63, 3.8) is 0 Å². The molecule has 2 aliphatic rings. The lowest BCUT2D eigenvalue weighted by Crippen LogP contribution is -2.33. The summed E-state index contributed by atoms with van der Waals surface area (Å²) < 4.78 is 6.07. The van der Waals surface area contributed by atoms with E-state index in [1.165, 1.54) is 19.3 Å². The summed E-state index contributed by atoms with van der Waals surface area (Å²) in [5.41, 5.74) is 2.51. The van der Waals surface area contributed by atoms with Crippen LogP contribution in [0.5, 0.6) is 11.5 Å². The number of carbonyl (C=O) groups is 1. The van der Waals surface area contributed by atoms with Crippen LogP contribution in [0.2, 0.25) is 5.02 Å². The molecule has 0 saturated carbocycles. The van der Waals surface area contributed by atoms with E-state index >= 15 is 0 Å². The van der Waals surface area contributed by atoms with Gasteiger partial charge >= 0.3 is 0 Å². The summed E-state index contributed by atoms with van der Waals surface area (Å²) in [6.45, 7) is 3.93. The van der Waals surface area contributed by atoms with Gasteiger partial charge in [-0.1, -0.05) is 54.4 Å². The second kappa shape index (κ2) is 10.9. The van der Waals surface area contributed by atoms with Crippen molar-refractivity contribution in [2.75, 3.05) is 26.2 Å². The van der Waals surface area contributed by atoms with Gasteiger partial charge in [0.2, 0.25) is 0 Å². The Morgan fingerprint density at radius 2 is 1.86 bits per heavy atom. The number of allylic oxidation sites excluding steroid dienone is 2. The van der Waals surface area contributed by atoms with Gasteiger partial charge in [0.1, 0.15) is 11.5 Å². The van der Waals surface area contributed by atoms with Gasteiger partial charge in [-0.05, 0) is 84.6 Å². The molecule has 0 radical (unpaired) electrons. The zero-order chi connectivity index (χ0) is 25.1. The molecule has 0 aromatic heterocycles. The van der Waals surface area contributed by atoms with E-state index in [1.54, 1.807) is 36.4 Å². The highest BCUT2D eigenvalue weighted by Crippen LogP contribution is 2.37. The number of ketones is 1. The molecule has 6 heteroatoms. The van der Waals surface area contributed by atoms with Crippen molar-refractivity contribution >= 4 is 28.2 Å². The molecule has 3 aromatic carbocycles. The number of nitrogens with zero attached hydrogens (tertiary/aromatic N) is 1. The van der Waals surface area contributed by atoms with Crippen molar-refractivity contribution < 1.29 is 19.7 Å². The lowest BCUT2D eigenvalue weighted by molar-refractivity contribution is 0.0609. The summed E-state index contributed by atoms with van der Waals surface area (Å²) in [6.07, 6.45) is 10.2. The number of aromatic hydroxyl groups is 2. The Labute approximate surface area is 216 Å². The van der Waals surface area contributed by atoms with Crippen LogP contribution in [0.1, 0.15) is 36.0 Å². The number of benzene rings is 3. The largest absolute Gasteiger partial charge is 0.508 e. The molecule has 1 aliphatic carbocycles. The SMILES string of the molecule is O=C(C1=CCC(OCCN2CCCCC2)C=C1)c1c(-c2ccc(Cl)c(O)c2)ccc2cc(O)ccc12. The van der Waals surface area contributed by atoms with E-state index in [-0.39, 0.29) is 28.4 Å². The number of fused-ring (bicyclic) bond motifs is 1. The Bertz CT molecular complexity index is 1340. The van der Waals surface area contributed by atoms with E-state index in [2.05, 4.69) is 4.90 Å². The molecule has 0 bridgehead atoms. The van der Waals surface area contributed by atoms with Crippen LogP contribution in [0.25, 0.3) is 21.9 Å². The zero-order valence-corrected chi connectivity index (χ0v) is 20.9. The van der Waals surface area contributed by atoms with Crippen LogP contribution >= 0.6 is 11.6 Å². The first-order valence-electron chi connectivity index (χ1n) is 12.5. The van der Waals surface area contributed by atoms with Crippen molar-refractivity contribution in [1.29, 1.82) is 0 Å². The normalized spacial score (nSPS) is 18.4. The number of carbonyl (C=O) groups excluding carboxylic acids is 1. The van der Waals surface area contributed by atoms with Crippen LogP contribution in [-0.2, 0) is 4.74 Å². The van der Waals surface area contributed by atoms with Gasteiger partial charge in [-0.3, -0.25) is 4.79 Å². The lowest BCUT2D eigenvalue weighted by atomic mass is 9.87. The molecule has 36 heavy (non-hydrogen) atoms. The molecular weight excluding hydrogens is 474 g/mol. The minimum absolute atomic E-state index is 0.0384. The fourth-order valence-electron chi connectivity index (χ4n) is 5.04. The predicted molar refractivity (Wildman–Crippen MR) is 144 cm³/mol. The third-order valence-corrected chi connectivity index (χ3v) is 7.32. The number of ether oxygens (including phenoxy) is 1. The van der Waals surface area contributed by atoms with Crippen molar-refractivity contribution in [2.24, 2.45) is 0 Å². The van der Waals surface area contributed by atoms with Crippen molar-refractivity contribution in [1.82, 2.24) is 4.90 Å². The molecular formula is C30H30ClNO4. The number of phenolic OH excluding ortho intramolecular Hbond substituents is 2. The molecule has 1 atom stereocenters. The first-order chi connectivity index (χ1) is 17.5. The highest BCUT2D eigenvalue weighted by Gasteiger charge is 2.22.